The summed E-state index contributed by atoms with van der Waals surface area (Å²) in [6, 6.07) is 6.02. The lowest BCUT2D eigenvalue weighted by Crippen LogP contribution is -2.25. The van der Waals surface area contributed by atoms with E-state index >= 15 is 0 Å². The number of thioether (sulfide) groups is 1. The molecule has 0 saturated carbocycles. The normalized spacial score (nSPS) is 11.3. The number of fused-ring (bicyclic) bond motifs is 3. The van der Waals surface area contributed by atoms with Crippen molar-refractivity contribution >= 4 is 55.7 Å². The number of hydrogen-bond donors (Lipinski definition) is 1. The molecule has 8 heteroatoms. The van der Waals surface area contributed by atoms with E-state index in [0.29, 0.717) is 17.5 Å². The van der Waals surface area contributed by atoms with Gasteiger partial charge < -0.3 is 9.88 Å². The van der Waals surface area contributed by atoms with E-state index in [0.717, 1.165) is 33.0 Å². The Morgan fingerprint density at radius 3 is 3.00 bits per heavy atom. The molecule has 0 aliphatic heterocycles. The molecule has 0 fully saturated rings. The summed E-state index contributed by atoms with van der Waals surface area (Å²) in [7, 11) is 1.95. The lowest BCUT2D eigenvalue weighted by Gasteiger charge is -2.02. The Hall–Kier alpha value is -1.67. The van der Waals surface area contributed by atoms with E-state index < -0.39 is 0 Å². The van der Waals surface area contributed by atoms with Crippen molar-refractivity contribution in [1.29, 1.82) is 0 Å². The van der Waals surface area contributed by atoms with Gasteiger partial charge >= 0.3 is 0 Å². The fourth-order valence-electron chi connectivity index (χ4n) is 2.32. The fraction of sp³-hybridized carbons (Fsp3) is 0.333. The van der Waals surface area contributed by atoms with Crippen LogP contribution in [0.3, 0.4) is 0 Å². The average molecular weight is 394 g/mol. The van der Waals surface area contributed by atoms with E-state index in [-0.39, 0.29) is 5.91 Å². The molecule has 6 nitrogen and oxygen atoms in total. The van der Waals surface area contributed by atoms with Gasteiger partial charge in [0, 0.05) is 23.5 Å². The molecule has 0 aliphatic carbocycles. The number of carbonyl (C=O) groups is 1. The standard InChI is InChI=1S/C15H16BrN5OS/c1-3-6-17-12(22)8-23-15-18-14-13(19-20-15)10-7-9(16)4-5-11(10)21(14)2/h4-5,7H,3,6,8H2,1-2H3,(H,17,22). The Bertz CT molecular complexity index is 879. The number of aromatic nitrogens is 4. The predicted molar refractivity (Wildman–Crippen MR) is 95.5 cm³/mol. The van der Waals surface area contributed by atoms with Gasteiger partial charge in [0.2, 0.25) is 11.1 Å². The predicted octanol–water partition coefficient (Wildman–Crippen LogP) is 2.90. The lowest BCUT2D eigenvalue weighted by molar-refractivity contribution is -0.118. The highest BCUT2D eigenvalue weighted by molar-refractivity contribution is 9.10. The number of nitrogens with one attached hydrogen (secondary N) is 1. The topological polar surface area (TPSA) is 72.7 Å². The van der Waals surface area contributed by atoms with Crippen LogP contribution in [0.15, 0.2) is 27.8 Å². The van der Waals surface area contributed by atoms with Crippen molar-refractivity contribution in [2.45, 2.75) is 18.5 Å². The molecule has 120 valence electrons. The minimum absolute atomic E-state index is 0.0125. The molecule has 3 rings (SSSR count). The maximum Gasteiger partial charge on any atom is 0.230 e. The van der Waals surface area contributed by atoms with Crippen LogP contribution in [0.2, 0.25) is 0 Å². The third-order valence-corrected chi connectivity index (χ3v) is 4.78. The van der Waals surface area contributed by atoms with Crippen molar-refractivity contribution in [2.24, 2.45) is 7.05 Å². The van der Waals surface area contributed by atoms with Crippen LogP contribution in [-0.2, 0) is 11.8 Å². The summed E-state index contributed by atoms with van der Waals surface area (Å²) in [5, 5.41) is 12.8. The minimum Gasteiger partial charge on any atom is -0.355 e. The third-order valence-electron chi connectivity index (χ3n) is 3.45. The third kappa shape index (κ3) is 3.32. The number of nitrogens with zero attached hydrogens (tertiary/aromatic N) is 4. The van der Waals surface area contributed by atoms with E-state index in [1.165, 1.54) is 11.8 Å². The molecule has 0 saturated heterocycles. The SMILES string of the molecule is CCCNC(=O)CSc1nnc2c3cc(Br)ccc3n(C)c2n1. The molecule has 3 aromatic rings. The monoisotopic (exact) mass is 393 g/mol. The highest BCUT2D eigenvalue weighted by Gasteiger charge is 2.13. The summed E-state index contributed by atoms with van der Waals surface area (Å²) in [4.78, 5) is 16.2. The molecule has 1 amide bonds. The van der Waals surface area contributed by atoms with Crippen molar-refractivity contribution in [1.82, 2.24) is 25.1 Å². The summed E-state index contributed by atoms with van der Waals surface area (Å²) in [5.41, 5.74) is 2.58. The van der Waals surface area contributed by atoms with Crippen LogP contribution < -0.4 is 5.32 Å². The summed E-state index contributed by atoms with van der Waals surface area (Å²) < 4.78 is 2.98. The largest absolute Gasteiger partial charge is 0.355 e. The molecular formula is C15H16BrN5OS. The molecule has 0 radical (unpaired) electrons. The molecule has 23 heavy (non-hydrogen) atoms. The van der Waals surface area contributed by atoms with Gasteiger partial charge in [-0.05, 0) is 24.6 Å². The zero-order valence-electron chi connectivity index (χ0n) is 12.8. The molecule has 0 bridgehead atoms. The van der Waals surface area contributed by atoms with E-state index in [2.05, 4.69) is 36.4 Å². The average Bonchev–Trinajstić information content (AvgIpc) is 2.83. The van der Waals surface area contributed by atoms with Crippen molar-refractivity contribution in [2.75, 3.05) is 12.3 Å². The van der Waals surface area contributed by atoms with Gasteiger partial charge in [-0.1, -0.05) is 34.6 Å². The van der Waals surface area contributed by atoms with E-state index in [1.54, 1.807) is 0 Å². The highest BCUT2D eigenvalue weighted by Crippen LogP contribution is 2.28. The van der Waals surface area contributed by atoms with Gasteiger partial charge in [0.15, 0.2) is 5.65 Å². The molecule has 1 aromatic carbocycles. The van der Waals surface area contributed by atoms with Crippen LogP contribution in [0.25, 0.3) is 22.1 Å². The Labute approximate surface area is 146 Å². The smallest absolute Gasteiger partial charge is 0.230 e. The number of carbonyl (C=O) groups excluding carboxylic acids is 1. The fourth-order valence-corrected chi connectivity index (χ4v) is 3.30. The molecule has 0 unspecified atom stereocenters. The lowest BCUT2D eigenvalue weighted by atomic mass is 10.2. The van der Waals surface area contributed by atoms with E-state index in [4.69, 9.17) is 0 Å². The van der Waals surface area contributed by atoms with Crippen molar-refractivity contribution in [3.05, 3.63) is 22.7 Å². The summed E-state index contributed by atoms with van der Waals surface area (Å²) in [6.45, 7) is 2.71. The number of aryl methyl sites for hydroxylation is 1. The summed E-state index contributed by atoms with van der Waals surface area (Å²) in [5.74, 6) is 0.282. The van der Waals surface area contributed by atoms with Crippen LogP contribution in [-0.4, -0.2) is 38.0 Å². The number of hydrogen-bond acceptors (Lipinski definition) is 5. The van der Waals surface area contributed by atoms with Gasteiger partial charge in [-0.15, -0.1) is 10.2 Å². The second-order valence-electron chi connectivity index (χ2n) is 5.13. The number of rotatable bonds is 5. The zero-order valence-corrected chi connectivity index (χ0v) is 15.2. The van der Waals surface area contributed by atoms with Gasteiger partial charge in [-0.25, -0.2) is 4.98 Å². The number of benzene rings is 1. The second-order valence-corrected chi connectivity index (χ2v) is 6.98. The van der Waals surface area contributed by atoms with Gasteiger partial charge in [0.05, 0.1) is 11.3 Å². The quantitative estimate of drug-likeness (QED) is 0.674. The Morgan fingerprint density at radius 1 is 1.39 bits per heavy atom. The molecule has 0 aliphatic rings. The van der Waals surface area contributed by atoms with Gasteiger partial charge in [-0.2, -0.15) is 0 Å². The van der Waals surface area contributed by atoms with E-state index in [1.807, 2.05) is 36.7 Å². The minimum atomic E-state index is -0.0125. The maximum absolute atomic E-state index is 11.7. The van der Waals surface area contributed by atoms with Crippen LogP contribution in [0.4, 0.5) is 0 Å². The number of amides is 1. The molecular weight excluding hydrogens is 378 g/mol. The highest BCUT2D eigenvalue weighted by atomic mass is 79.9. The Balaban J connectivity index is 1.89. The Morgan fingerprint density at radius 2 is 2.22 bits per heavy atom. The van der Waals surface area contributed by atoms with Gasteiger partial charge in [0.1, 0.15) is 5.52 Å². The van der Waals surface area contributed by atoms with Crippen LogP contribution >= 0.6 is 27.7 Å². The zero-order chi connectivity index (χ0) is 16.4. The second kappa shape index (κ2) is 6.84. The van der Waals surface area contributed by atoms with Crippen LogP contribution in [0.5, 0.6) is 0 Å². The summed E-state index contributed by atoms with van der Waals surface area (Å²) >= 11 is 4.77. The molecule has 2 aromatic heterocycles. The van der Waals surface area contributed by atoms with E-state index in [9.17, 15) is 4.79 Å². The Kier molecular flexibility index (Phi) is 4.82. The first-order valence-corrected chi connectivity index (χ1v) is 9.06. The number of halogens is 1. The maximum atomic E-state index is 11.7. The van der Waals surface area contributed by atoms with Gasteiger partial charge in [-0.3, -0.25) is 4.79 Å². The first-order chi connectivity index (χ1) is 11.1. The molecule has 0 spiro atoms. The molecule has 1 N–H and O–H groups in total. The molecule has 2 heterocycles. The van der Waals surface area contributed by atoms with Crippen molar-refractivity contribution in [3.63, 3.8) is 0 Å². The van der Waals surface area contributed by atoms with Crippen molar-refractivity contribution < 1.29 is 4.79 Å². The van der Waals surface area contributed by atoms with Gasteiger partial charge in [0.25, 0.3) is 0 Å². The first kappa shape index (κ1) is 16.2. The molecule has 0 atom stereocenters. The summed E-state index contributed by atoms with van der Waals surface area (Å²) in [6.07, 6.45) is 0.923. The van der Waals surface area contributed by atoms with Crippen LogP contribution in [0, 0.1) is 0 Å². The first-order valence-electron chi connectivity index (χ1n) is 7.28. The van der Waals surface area contributed by atoms with Crippen molar-refractivity contribution in [3.8, 4) is 0 Å². The van der Waals surface area contributed by atoms with Crippen LogP contribution in [0.1, 0.15) is 13.3 Å².